The number of pyridine rings is 1. The van der Waals surface area contributed by atoms with Crippen LogP contribution < -0.4 is 4.90 Å². The van der Waals surface area contributed by atoms with E-state index in [2.05, 4.69) is 4.98 Å². The van der Waals surface area contributed by atoms with E-state index in [-0.39, 0.29) is 0 Å². The minimum atomic E-state index is -0.565. The predicted octanol–water partition coefficient (Wildman–Crippen LogP) is 2.43. The molecule has 0 aliphatic heterocycles. The third-order valence-electron chi connectivity index (χ3n) is 2.59. The molecule has 0 spiro atoms. The molecule has 0 saturated heterocycles. The second-order valence-electron chi connectivity index (χ2n) is 3.93. The van der Waals surface area contributed by atoms with Gasteiger partial charge in [0.25, 0.3) is 0 Å². The van der Waals surface area contributed by atoms with Gasteiger partial charge in [-0.2, -0.15) is 0 Å². The maximum Gasteiger partial charge on any atom is 0.130 e. The lowest BCUT2D eigenvalue weighted by Crippen LogP contribution is -2.32. The van der Waals surface area contributed by atoms with Gasteiger partial charge >= 0.3 is 0 Å². The lowest BCUT2D eigenvalue weighted by atomic mass is 10.2. The fourth-order valence-electron chi connectivity index (χ4n) is 1.71. The van der Waals surface area contributed by atoms with Gasteiger partial charge in [-0.05, 0) is 24.6 Å². The second-order valence-corrected chi connectivity index (χ2v) is 3.93. The van der Waals surface area contributed by atoms with E-state index in [1.165, 1.54) is 0 Å². The molecule has 0 bridgehead atoms. The molecule has 1 heterocycles. The number of anilines is 1. The molecule has 17 heavy (non-hydrogen) atoms. The van der Waals surface area contributed by atoms with Gasteiger partial charge in [-0.15, -0.1) is 0 Å². The number of benzene rings is 1. The van der Waals surface area contributed by atoms with Crippen LogP contribution in [0.3, 0.4) is 0 Å². The molecule has 1 N–H and O–H groups in total. The first-order chi connectivity index (χ1) is 8.27. The number of rotatable bonds is 4. The molecule has 3 nitrogen and oxygen atoms in total. The largest absolute Gasteiger partial charge is 0.374 e. The Balaban J connectivity index is 2.20. The van der Waals surface area contributed by atoms with Crippen molar-refractivity contribution < 1.29 is 5.11 Å². The summed E-state index contributed by atoms with van der Waals surface area (Å²) in [7, 11) is 0. The molecule has 0 saturated carbocycles. The summed E-state index contributed by atoms with van der Waals surface area (Å²) in [6.45, 7) is 2.40. The van der Waals surface area contributed by atoms with Gasteiger partial charge in [0.05, 0.1) is 0 Å². The standard InChI is InChI=1S/C14H16N2O/c1-12(17)16(14-9-5-6-10-15-14)11-13-7-3-2-4-8-13/h2-10,12,17H,11H2,1H3. The summed E-state index contributed by atoms with van der Waals surface area (Å²) < 4.78 is 0. The first-order valence-electron chi connectivity index (χ1n) is 5.67. The van der Waals surface area contributed by atoms with Crippen molar-refractivity contribution in [1.29, 1.82) is 0 Å². The van der Waals surface area contributed by atoms with Gasteiger partial charge < -0.3 is 10.0 Å². The monoisotopic (exact) mass is 228 g/mol. The van der Waals surface area contributed by atoms with E-state index in [4.69, 9.17) is 0 Å². The van der Waals surface area contributed by atoms with Gasteiger partial charge in [0.2, 0.25) is 0 Å². The van der Waals surface area contributed by atoms with Crippen molar-refractivity contribution in [3.05, 3.63) is 60.3 Å². The average molecular weight is 228 g/mol. The summed E-state index contributed by atoms with van der Waals surface area (Å²) in [5, 5.41) is 9.81. The smallest absolute Gasteiger partial charge is 0.130 e. The van der Waals surface area contributed by atoms with Gasteiger partial charge in [0.15, 0.2) is 0 Å². The lowest BCUT2D eigenvalue weighted by molar-refractivity contribution is 0.186. The van der Waals surface area contributed by atoms with Gasteiger partial charge in [-0.1, -0.05) is 36.4 Å². The van der Waals surface area contributed by atoms with Gasteiger partial charge in [-0.25, -0.2) is 4.98 Å². The maximum absolute atomic E-state index is 9.81. The summed E-state index contributed by atoms with van der Waals surface area (Å²) in [6, 6.07) is 15.7. The van der Waals surface area contributed by atoms with Crippen molar-refractivity contribution in [2.75, 3.05) is 4.90 Å². The maximum atomic E-state index is 9.81. The molecule has 0 amide bonds. The molecule has 0 aliphatic carbocycles. The van der Waals surface area contributed by atoms with E-state index in [1.54, 1.807) is 13.1 Å². The lowest BCUT2D eigenvalue weighted by Gasteiger charge is -2.26. The van der Waals surface area contributed by atoms with E-state index >= 15 is 0 Å². The minimum Gasteiger partial charge on any atom is -0.374 e. The van der Waals surface area contributed by atoms with Crippen LogP contribution in [-0.4, -0.2) is 16.3 Å². The Hall–Kier alpha value is -1.87. The highest BCUT2D eigenvalue weighted by molar-refractivity contribution is 5.39. The minimum absolute atomic E-state index is 0.565. The number of aliphatic hydroxyl groups is 1. The van der Waals surface area contributed by atoms with Crippen LogP contribution in [0.5, 0.6) is 0 Å². The number of hydrogen-bond donors (Lipinski definition) is 1. The number of hydrogen-bond acceptors (Lipinski definition) is 3. The third-order valence-corrected chi connectivity index (χ3v) is 2.59. The fourth-order valence-corrected chi connectivity index (χ4v) is 1.71. The molecule has 3 heteroatoms. The van der Waals surface area contributed by atoms with Crippen LogP contribution in [0.25, 0.3) is 0 Å². The first-order valence-corrected chi connectivity index (χ1v) is 5.67. The first kappa shape index (κ1) is 11.6. The summed E-state index contributed by atoms with van der Waals surface area (Å²) in [5.41, 5.74) is 1.15. The highest BCUT2D eigenvalue weighted by Gasteiger charge is 2.12. The summed E-state index contributed by atoms with van der Waals surface area (Å²) in [5.74, 6) is 0.784. The van der Waals surface area contributed by atoms with Gasteiger partial charge in [0, 0.05) is 12.7 Å². The Morgan fingerprint density at radius 1 is 1.12 bits per heavy atom. The molecule has 2 aromatic rings. The molecule has 0 fully saturated rings. The van der Waals surface area contributed by atoms with Crippen molar-refractivity contribution in [2.24, 2.45) is 0 Å². The molecular weight excluding hydrogens is 212 g/mol. The normalized spacial score (nSPS) is 12.1. The Bertz CT molecular complexity index is 442. The van der Waals surface area contributed by atoms with E-state index < -0.39 is 6.23 Å². The zero-order valence-corrected chi connectivity index (χ0v) is 9.82. The van der Waals surface area contributed by atoms with Crippen LogP contribution in [-0.2, 0) is 6.54 Å². The number of nitrogens with zero attached hydrogens (tertiary/aromatic N) is 2. The van der Waals surface area contributed by atoms with Gasteiger partial charge in [0.1, 0.15) is 12.0 Å². The number of aromatic nitrogens is 1. The summed E-state index contributed by atoms with van der Waals surface area (Å²) in [4.78, 5) is 6.12. The predicted molar refractivity (Wildman–Crippen MR) is 68.5 cm³/mol. The highest BCUT2D eigenvalue weighted by atomic mass is 16.3. The molecule has 88 valence electrons. The Labute approximate surface area is 101 Å². The van der Waals surface area contributed by atoms with Crippen molar-refractivity contribution in [3.63, 3.8) is 0 Å². The third kappa shape index (κ3) is 3.04. The average Bonchev–Trinajstić information content (AvgIpc) is 2.38. The quantitative estimate of drug-likeness (QED) is 0.816. The second kappa shape index (κ2) is 5.46. The van der Waals surface area contributed by atoms with Crippen LogP contribution in [0.2, 0.25) is 0 Å². The molecule has 1 aromatic heterocycles. The van der Waals surface area contributed by atoms with Crippen LogP contribution in [0.4, 0.5) is 5.82 Å². The van der Waals surface area contributed by atoms with Crippen molar-refractivity contribution >= 4 is 5.82 Å². The summed E-state index contributed by atoms with van der Waals surface area (Å²) >= 11 is 0. The zero-order valence-electron chi connectivity index (χ0n) is 9.82. The molecule has 1 unspecified atom stereocenters. The van der Waals surface area contributed by atoms with Gasteiger partial charge in [-0.3, -0.25) is 0 Å². The molecular formula is C14H16N2O. The van der Waals surface area contributed by atoms with E-state index in [0.717, 1.165) is 11.4 Å². The Kier molecular flexibility index (Phi) is 3.73. The van der Waals surface area contributed by atoms with Crippen molar-refractivity contribution in [1.82, 2.24) is 4.98 Å². The van der Waals surface area contributed by atoms with E-state index in [0.29, 0.717) is 6.54 Å². The molecule has 0 aliphatic rings. The SMILES string of the molecule is CC(O)N(Cc1ccccc1)c1ccccn1. The Morgan fingerprint density at radius 2 is 1.82 bits per heavy atom. The topological polar surface area (TPSA) is 36.4 Å². The van der Waals surface area contributed by atoms with Crippen LogP contribution in [0, 0.1) is 0 Å². The van der Waals surface area contributed by atoms with Crippen LogP contribution >= 0.6 is 0 Å². The number of aliphatic hydroxyl groups excluding tert-OH is 1. The van der Waals surface area contributed by atoms with Crippen molar-refractivity contribution in [2.45, 2.75) is 19.7 Å². The summed E-state index contributed by atoms with van der Waals surface area (Å²) in [6.07, 6.45) is 1.17. The molecule has 1 aromatic carbocycles. The fraction of sp³-hybridized carbons (Fsp3) is 0.214. The molecule has 2 rings (SSSR count). The Morgan fingerprint density at radius 3 is 2.41 bits per heavy atom. The van der Waals surface area contributed by atoms with Crippen molar-refractivity contribution in [3.8, 4) is 0 Å². The zero-order chi connectivity index (χ0) is 12.1. The van der Waals surface area contributed by atoms with E-state index in [9.17, 15) is 5.11 Å². The molecule has 1 atom stereocenters. The van der Waals surface area contributed by atoms with Crippen LogP contribution in [0.15, 0.2) is 54.7 Å². The van der Waals surface area contributed by atoms with E-state index in [1.807, 2.05) is 53.4 Å². The highest BCUT2D eigenvalue weighted by Crippen LogP contribution is 2.15. The molecule has 0 radical (unpaired) electrons. The van der Waals surface area contributed by atoms with Crippen LogP contribution in [0.1, 0.15) is 12.5 Å².